The summed E-state index contributed by atoms with van der Waals surface area (Å²) in [5, 5.41) is 23.1. The number of hydrogen-bond donors (Lipinski definition) is 7. The number of nitrogens with zero attached hydrogens (tertiary/aromatic N) is 5. The number of nitrogens with one attached hydrogen (secondary N) is 2. The van der Waals surface area contributed by atoms with Crippen molar-refractivity contribution in [2.75, 3.05) is 23.0 Å². The van der Waals surface area contributed by atoms with Crippen LogP contribution in [-0.4, -0.2) is 92.7 Å². The Morgan fingerprint density at radius 3 is 1.76 bits per heavy atom. The number of sulfone groups is 1. The van der Waals surface area contributed by atoms with Crippen molar-refractivity contribution in [1.82, 2.24) is 15.0 Å². The van der Waals surface area contributed by atoms with Gasteiger partial charge >= 0.3 is 58.8 Å². The van der Waals surface area contributed by atoms with Crippen LogP contribution in [0.15, 0.2) is 96.5 Å². The third-order valence-electron chi connectivity index (χ3n) is 7.01. The fraction of sp³-hybridized carbons (Fsp3) is 0.0741. The molecule has 7 N–H and O–H groups in total. The molecule has 0 spiro atoms. The van der Waals surface area contributed by atoms with Gasteiger partial charge in [0.05, 0.1) is 22.2 Å². The van der Waals surface area contributed by atoms with Crippen LogP contribution in [0.2, 0.25) is 5.28 Å². The third kappa shape index (κ3) is 12.6. The molecule has 0 amide bonds. The molecule has 1 heterocycles. The van der Waals surface area contributed by atoms with E-state index >= 15 is 0 Å². The molecule has 0 bridgehead atoms. The first-order chi connectivity index (χ1) is 25.8. The van der Waals surface area contributed by atoms with Crippen molar-refractivity contribution >= 4 is 108 Å². The molecule has 0 saturated heterocycles. The number of fused-ring (bicyclic) bond motifs is 1. The van der Waals surface area contributed by atoms with Crippen LogP contribution in [0, 0.1) is 0 Å². The predicted octanol–water partition coefficient (Wildman–Crippen LogP) is -2.37. The van der Waals surface area contributed by atoms with Crippen LogP contribution in [-0.2, 0) is 54.8 Å². The SMILES string of the molecule is O=S(=O)(O)OCCS(=O)(=O)c1ccc(Nc2nc(Cl)nc(Nc3ccc4c(O)c(N=Nc5cc(S(=O)(=O)O)ccc5S(=O)(=O)O)c(S(=O)(=O)O)cc4c3)n2)cc1.[Li+].[Na+]. The van der Waals surface area contributed by atoms with Gasteiger partial charge in [-0.15, -0.1) is 10.2 Å². The van der Waals surface area contributed by atoms with Crippen molar-refractivity contribution in [3.05, 3.63) is 72.0 Å². The minimum atomic E-state index is -5.22. The Hall–Kier alpha value is -3.41. The summed E-state index contributed by atoms with van der Waals surface area (Å²) in [6, 6.07) is 11.4. The maximum absolute atomic E-state index is 12.4. The Morgan fingerprint density at radius 2 is 1.21 bits per heavy atom. The number of rotatable bonds is 14. The standard InChI is InChI=1S/C27H22ClN7O16S5.Li.Na/c28-25-31-26(29-15-1-4-17(5-2-15)52(37,38)10-9-51-56(48,49)50)33-27(32-25)30-16-3-7-19-14(11-16)12-22(55(45,46)47)23(24(19)36)35-34-20-13-18(53(39,40)41)6-8-21(20)54(42,43)44;;/h1-8,11-13,36H,9-10H2,(H,39,40,41)(H,42,43,44)(H,45,46,47)(H,48,49,50)(H2,29,30,31,32,33);;/q;2*+1. The van der Waals surface area contributed by atoms with Gasteiger partial charge in [-0.2, -0.15) is 48.6 Å². The summed E-state index contributed by atoms with van der Waals surface area (Å²) < 4.78 is 159. The summed E-state index contributed by atoms with van der Waals surface area (Å²) in [7, 11) is -24.1. The summed E-state index contributed by atoms with van der Waals surface area (Å²) >= 11 is 6.06. The molecule has 31 heteroatoms. The minimum Gasteiger partial charge on any atom is -0.505 e. The maximum atomic E-state index is 12.4. The predicted molar refractivity (Wildman–Crippen MR) is 193 cm³/mol. The summed E-state index contributed by atoms with van der Waals surface area (Å²) in [6.45, 7) is -0.824. The summed E-state index contributed by atoms with van der Waals surface area (Å²) in [6.07, 6.45) is 0. The monoisotopic (exact) mass is 925 g/mol. The largest absolute Gasteiger partial charge is 1.00 e. The average molecular weight is 926 g/mol. The number of benzene rings is 4. The van der Waals surface area contributed by atoms with Gasteiger partial charge in [0.15, 0.2) is 15.6 Å². The van der Waals surface area contributed by atoms with Crippen molar-refractivity contribution in [3.8, 4) is 5.75 Å². The third-order valence-corrected chi connectivity index (χ3v) is 12.0. The van der Waals surface area contributed by atoms with Crippen LogP contribution in [0.1, 0.15) is 0 Å². The zero-order chi connectivity index (χ0) is 41.4. The molecule has 5 aromatic rings. The van der Waals surface area contributed by atoms with E-state index in [4.69, 9.17) is 16.2 Å². The molecule has 23 nitrogen and oxygen atoms in total. The van der Waals surface area contributed by atoms with E-state index in [-0.39, 0.29) is 92.6 Å². The first-order valence-electron chi connectivity index (χ1n) is 14.5. The van der Waals surface area contributed by atoms with Crippen LogP contribution in [0.4, 0.5) is 34.6 Å². The Bertz CT molecular complexity index is 3000. The first kappa shape index (κ1) is 49.0. The summed E-state index contributed by atoms with van der Waals surface area (Å²) in [5.41, 5.74) is -1.43. The van der Waals surface area contributed by atoms with E-state index in [9.17, 15) is 60.9 Å². The van der Waals surface area contributed by atoms with Crippen LogP contribution in [0.5, 0.6) is 5.75 Å². The van der Waals surface area contributed by atoms with Crippen molar-refractivity contribution in [2.24, 2.45) is 10.2 Å². The van der Waals surface area contributed by atoms with Gasteiger partial charge in [-0.1, -0.05) is 0 Å². The number of hydrogen-bond acceptors (Lipinski definition) is 19. The molecule has 5 rings (SSSR count). The topological polar surface area (TPSA) is 369 Å². The van der Waals surface area contributed by atoms with E-state index in [0.717, 1.165) is 6.07 Å². The van der Waals surface area contributed by atoms with Gasteiger partial charge in [0.25, 0.3) is 30.4 Å². The van der Waals surface area contributed by atoms with E-state index in [2.05, 4.69) is 40.0 Å². The fourth-order valence-electron chi connectivity index (χ4n) is 4.61. The summed E-state index contributed by atoms with van der Waals surface area (Å²) in [5.74, 6) is -2.00. The van der Waals surface area contributed by atoms with Crippen LogP contribution >= 0.6 is 11.6 Å². The van der Waals surface area contributed by atoms with Gasteiger partial charge in [0, 0.05) is 16.8 Å². The van der Waals surface area contributed by atoms with Crippen molar-refractivity contribution in [1.29, 1.82) is 0 Å². The Morgan fingerprint density at radius 1 is 0.655 bits per heavy atom. The normalized spacial score (nSPS) is 12.5. The second kappa shape index (κ2) is 18.5. The van der Waals surface area contributed by atoms with E-state index in [1.54, 1.807) is 0 Å². The maximum Gasteiger partial charge on any atom is 1.00 e. The molecule has 0 aliphatic heterocycles. The van der Waals surface area contributed by atoms with Crippen molar-refractivity contribution in [2.45, 2.75) is 19.6 Å². The molecule has 58 heavy (non-hydrogen) atoms. The molecule has 0 atom stereocenters. The first-order valence-corrected chi connectivity index (χ1v) is 22.2. The second-order valence-corrected chi connectivity index (χ2v) is 18.6. The van der Waals surface area contributed by atoms with E-state index < -0.39 is 94.8 Å². The number of azo groups is 1. The Kier molecular flexibility index (Phi) is 15.6. The molecule has 0 fully saturated rings. The van der Waals surface area contributed by atoms with Gasteiger partial charge in [0.2, 0.25) is 17.2 Å². The van der Waals surface area contributed by atoms with E-state index in [0.29, 0.717) is 18.2 Å². The molecule has 0 radical (unpaired) electrons. The molecule has 298 valence electrons. The molecule has 0 saturated carbocycles. The molecule has 0 aliphatic carbocycles. The molecule has 1 aromatic heterocycles. The molecular weight excluding hydrogens is 904 g/mol. The minimum absolute atomic E-state index is 0. The van der Waals surface area contributed by atoms with Gasteiger partial charge in [-0.3, -0.25) is 18.2 Å². The molecule has 0 aliphatic rings. The molecule has 0 unspecified atom stereocenters. The van der Waals surface area contributed by atoms with Gasteiger partial charge in [0.1, 0.15) is 21.2 Å². The van der Waals surface area contributed by atoms with Gasteiger partial charge in [-0.25, -0.2) is 12.6 Å². The van der Waals surface area contributed by atoms with Gasteiger partial charge in [-0.05, 0) is 83.7 Å². The average Bonchev–Trinajstić information content (AvgIpc) is 3.05. The molecule has 4 aromatic carbocycles. The fourth-order valence-corrected chi connectivity index (χ4v) is 8.02. The quantitative estimate of drug-likeness (QED) is 0.0347. The smallest absolute Gasteiger partial charge is 0.505 e. The summed E-state index contributed by atoms with van der Waals surface area (Å²) in [4.78, 5) is 8.88. The molecular formula is C27H22ClLiN7NaO16S5+2. The van der Waals surface area contributed by atoms with Crippen LogP contribution in [0.25, 0.3) is 10.8 Å². The van der Waals surface area contributed by atoms with Crippen molar-refractivity contribution < 1.29 is 118 Å². The Balaban J connectivity index is 0.00000450. The number of aromatic hydroxyl groups is 1. The van der Waals surface area contributed by atoms with E-state index in [1.807, 2.05) is 0 Å². The van der Waals surface area contributed by atoms with Crippen LogP contribution in [0.3, 0.4) is 0 Å². The second-order valence-electron chi connectivity index (χ2n) is 10.9. The zero-order valence-electron chi connectivity index (χ0n) is 29.1. The Labute approximate surface area is 367 Å². The zero-order valence-corrected chi connectivity index (χ0v) is 36.0. The number of anilines is 4. The number of halogens is 1. The number of aromatic nitrogens is 3. The van der Waals surface area contributed by atoms with Crippen LogP contribution < -0.4 is 59.1 Å². The van der Waals surface area contributed by atoms with Crippen molar-refractivity contribution in [3.63, 3.8) is 0 Å². The number of phenols is 1. The van der Waals surface area contributed by atoms with E-state index in [1.165, 1.54) is 42.5 Å². The van der Waals surface area contributed by atoms with Gasteiger partial charge < -0.3 is 15.7 Å². The number of phenolic OH excluding ortho intramolecular Hbond substituents is 1.